The molecule has 1 aromatic rings. The van der Waals surface area contributed by atoms with E-state index in [1.54, 1.807) is 0 Å². The van der Waals surface area contributed by atoms with Crippen molar-refractivity contribution < 1.29 is 4.79 Å². The number of amides is 1. The minimum atomic E-state index is 0.220. The summed E-state index contributed by atoms with van der Waals surface area (Å²) >= 11 is 0. The maximum atomic E-state index is 11.8. The van der Waals surface area contributed by atoms with Crippen molar-refractivity contribution in [1.82, 2.24) is 20.1 Å². The van der Waals surface area contributed by atoms with Crippen LogP contribution in [0.2, 0.25) is 0 Å². The van der Waals surface area contributed by atoms with Crippen molar-refractivity contribution in [3.8, 4) is 0 Å². The monoisotopic (exact) mass is 333 g/mol. The Labute approximate surface area is 145 Å². The Morgan fingerprint density at radius 3 is 2.79 bits per heavy atom. The molecule has 0 spiro atoms. The Morgan fingerprint density at radius 1 is 1.42 bits per heavy atom. The molecule has 0 unspecified atom stereocenters. The summed E-state index contributed by atoms with van der Waals surface area (Å²) in [6, 6.07) is 4.17. The van der Waals surface area contributed by atoms with Crippen LogP contribution in [0.1, 0.15) is 38.3 Å². The molecule has 0 bridgehead atoms. The molecular formula is C18H31N5O. The van der Waals surface area contributed by atoms with Crippen LogP contribution in [-0.2, 0) is 18.4 Å². The van der Waals surface area contributed by atoms with E-state index in [4.69, 9.17) is 0 Å². The topological polar surface area (TPSA) is 61.7 Å². The van der Waals surface area contributed by atoms with Crippen LogP contribution in [-0.4, -0.2) is 48.0 Å². The number of nitrogens with zero attached hydrogens (tertiary/aromatic N) is 3. The highest BCUT2D eigenvalue weighted by atomic mass is 16.1. The van der Waals surface area contributed by atoms with Crippen molar-refractivity contribution in [3.63, 3.8) is 0 Å². The smallest absolute Gasteiger partial charge is 0.223 e. The number of rotatable bonds is 8. The maximum Gasteiger partial charge on any atom is 0.223 e. The van der Waals surface area contributed by atoms with Crippen LogP contribution in [0, 0.1) is 5.92 Å². The largest absolute Gasteiger partial charge is 0.357 e. The molecule has 0 aromatic carbocycles. The van der Waals surface area contributed by atoms with E-state index in [0.717, 1.165) is 38.3 Å². The molecule has 0 aliphatic heterocycles. The molecular weight excluding hydrogens is 302 g/mol. The summed E-state index contributed by atoms with van der Waals surface area (Å²) < 4.78 is 2.12. The van der Waals surface area contributed by atoms with Crippen LogP contribution >= 0.6 is 0 Å². The van der Waals surface area contributed by atoms with Crippen molar-refractivity contribution in [3.05, 3.63) is 24.0 Å². The summed E-state index contributed by atoms with van der Waals surface area (Å²) in [5, 5.41) is 6.35. The van der Waals surface area contributed by atoms with Gasteiger partial charge in [-0.05, 0) is 38.3 Å². The fraction of sp³-hybridized carbons (Fsp3) is 0.667. The normalized spacial score (nSPS) is 15.0. The molecule has 6 nitrogen and oxygen atoms in total. The zero-order chi connectivity index (χ0) is 17.4. The van der Waals surface area contributed by atoms with Gasteiger partial charge in [0, 0.05) is 51.5 Å². The lowest BCUT2D eigenvalue weighted by Gasteiger charge is -2.24. The first-order valence-corrected chi connectivity index (χ1v) is 8.99. The molecule has 1 aliphatic carbocycles. The quantitative estimate of drug-likeness (QED) is 0.433. The summed E-state index contributed by atoms with van der Waals surface area (Å²) in [5.41, 5.74) is 1.25. The summed E-state index contributed by atoms with van der Waals surface area (Å²) in [6.07, 6.45) is 6.22. The van der Waals surface area contributed by atoms with Gasteiger partial charge in [0.2, 0.25) is 5.91 Å². The van der Waals surface area contributed by atoms with E-state index in [1.807, 2.05) is 7.05 Å². The molecule has 1 aromatic heterocycles. The fourth-order valence-electron chi connectivity index (χ4n) is 2.74. The van der Waals surface area contributed by atoms with Gasteiger partial charge in [-0.15, -0.1) is 0 Å². The summed E-state index contributed by atoms with van der Waals surface area (Å²) in [7, 11) is 4.10. The number of hydrogen-bond acceptors (Lipinski definition) is 2. The highest BCUT2D eigenvalue weighted by Gasteiger charge is 2.24. The molecule has 1 amide bonds. The average Bonchev–Trinajstić information content (AvgIpc) is 2.89. The molecule has 24 heavy (non-hydrogen) atoms. The number of carbonyl (C=O) groups excluding carboxylic acids is 1. The zero-order valence-corrected chi connectivity index (χ0v) is 15.2. The molecule has 1 saturated carbocycles. The Morgan fingerprint density at radius 2 is 2.21 bits per heavy atom. The van der Waals surface area contributed by atoms with Crippen molar-refractivity contribution in [1.29, 1.82) is 0 Å². The van der Waals surface area contributed by atoms with E-state index in [1.165, 1.54) is 12.1 Å². The van der Waals surface area contributed by atoms with Gasteiger partial charge >= 0.3 is 0 Å². The molecule has 0 saturated heterocycles. The van der Waals surface area contributed by atoms with Crippen LogP contribution in [0.15, 0.2) is 23.3 Å². The second-order valence-electron chi connectivity index (χ2n) is 6.47. The van der Waals surface area contributed by atoms with Crippen LogP contribution in [0.4, 0.5) is 0 Å². The third kappa shape index (κ3) is 5.28. The second-order valence-corrected chi connectivity index (χ2v) is 6.47. The Balaban J connectivity index is 1.74. The lowest BCUT2D eigenvalue weighted by molar-refractivity contribution is -0.127. The third-order valence-corrected chi connectivity index (χ3v) is 4.52. The van der Waals surface area contributed by atoms with Gasteiger partial charge in [0.15, 0.2) is 5.96 Å². The summed E-state index contributed by atoms with van der Waals surface area (Å²) in [5.74, 6) is 1.39. The zero-order valence-electron chi connectivity index (χ0n) is 15.2. The van der Waals surface area contributed by atoms with E-state index in [0.29, 0.717) is 13.1 Å². The van der Waals surface area contributed by atoms with E-state index in [2.05, 4.69) is 57.4 Å². The van der Waals surface area contributed by atoms with Gasteiger partial charge in [-0.1, -0.05) is 6.42 Å². The summed E-state index contributed by atoms with van der Waals surface area (Å²) in [4.78, 5) is 18.6. The second kappa shape index (κ2) is 9.35. The van der Waals surface area contributed by atoms with E-state index >= 15 is 0 Å². The highest BCUT2D eigenvalue weighted by molar-refractivity contribution is 5.80. The van der Waals surface area contributed by atoms with E-state index in [9.17, 15) is 4.79 Å². The summed E-state index contributed by atoms with van der Waals surface area (Å²) in [6.45, 7) is 5.15. The number of carbonyl (C=O) groups is 1. The van der Waals surface area contributed by atoms with Crippen LogP contribution < -0.4 is 10.6 Å². The fourth-order valence-corrected chi connectivity index (χ4v) is 2.74. The molecule has 2 N–H and O–H groups in total. The molecule has 2 rings (SSSR count). The van der Waals surface area contributed by atoms with E-state index in [-0.39, 0.29) is 11.8 Å². The Bertz CT molecular complexity index is 547. The van der Waals surface area contributed by atoms with Gasteiger partial charge in [0.1, 0.15) is 0 Å². The van der Waals surface area contributed by atoms with Crippen molar-refractivity contribution in [2.75, 3.05) is 26.7 Å². The van der Waals surface area contributed by atoms with Crippen molar-refractivity contribution in [2.45, 2.75) is 39.2 Å². The van der Waals surface area contributed by atoms with Gasteiger partial charge in [0.25, 0.3) is 0 Å². The molecule has 6 heteroatoms. The number of aliphatic imine (C=N–C) groups is 1. The Kier molecular flexibility index (Phi) is 7.15. The number of aromatic nitrogens is 1. The van der Waals surface area contributed by atoms with Crippen molar-refractivity contribution >= 4 is 11.9 Å². The van der Waals surface area contributed by atoms with Gasteiger partial charge in [-0.2, -0.15) is 0 Å². The third-order valence-electron chi connectivity index (χ3n) is 4.52. The van der Waals surface area contributed by atoms with Crippen LogP contribution in [0.25, 0.3) is 0 Å². The maximum absolute atomic E-state index is 11.8. The average molecular weight is 333 g/mol. The lowest BCUT2D eigenvalue weighted by Crippen LogP contribution is -2.39. The standard InChI is InChI=1S/C18H31N5O/c1-4-19-18(23(3)14-16-10-6-13-22(16)2)21-12-7-11-20-17(24)15-8-5-9-15/h6,10,13,15H,4-5,7-9,11-12,14H2,1-3H3,(H,19,21)(H,20,24). The first-order chi connectivity index (χ1) is 11.6. The van der Waals surface area contributed by atoms with Crippen LogP contribution in [0.5, 0.6) is 0 Å². The van der Waals surface area contributed by atoms with Gasteiger partial charge in [-0.3, -0.25) is 9.79 Å². The first kappa shape index (κ1) is 18.4. The number of nitrogens with one attached hydrogen (secondary N) is 2. The number of hydrogen-bond donors (Lipinski definition) is 2. The number of aryl methyl sites for hydroxylation is 1. The minimum Gasteiger partial charge on any atom is -0.357 e. The van der Waals surface area contributed by atoms with Crippen LogP contribution in [0.3, 0.4) is 0 Å². The highest BCUT2D eigenvalue weighted by Crippen LogP contribution is 2.25. The SMILES string of the molecule is CCNC(=NCCCNC(=O)C1CCC1)N(C)Cc1cccn1C. The predicted octanol–water partition coefficient (Wildman–Crippen LogP) is 1.73. The van der Waals surface area contributed by atoms with Gasteiger partial charge in [0.05, 0.1) is 6.54 Å². The van der Waals surface area contributed by atoms with Gasteiger partial charge < -0.3 is 20.1 Å². The first-order valence-electron chi connectivity index (χ1n) is 8.99. The Hall–Kier alpha value is -1.98. The number of guanidine groups is 1. The molecule has 0 radical (unpaired) electrons. The van der Waals surface area contributed by atoms with Crippen molar-refractivity contribution in [2.24, 2.45) is 18.0 Å². The molecule has 1 fully saturated rings. The van der Waals surface area contributed by atoms with E-state index < -0.39 is 0 Å². The molecule has 0 atom stereocenters. The molecule has 134 valence electrons. The molecule has 1 aliphatic rings. The van der Waals surface area contributed by atoms with Gasteiger partial charge in [-0.25, -0.2) is 0 Å². The minimum absolute atomic E-state index is 0.220. The molecule has 1 heterocycles. The predicted molar refractivity (Wildman–Crippen MR) is 97.8 cm³/mol. The lowest BCUT2D eigenvalue weighted by atomic mass is 9.85.